The fraction of sp³-hybridized carbons (Fsp3) is 0.278. The lowest BCUT2D eigenvalue weighted by atomic mass is 10.2. The molecule has 5 nitrogen and oxygen atoms in total. The van der Waals surface area contributed by atoms with Crippen molar-refractivity contribution in [3.63, 3.8) is 0 Å². The van der Waals surface area contributed by atoms with Crippen LogP contribution in [0.25, 0.3) is 0 Å². The second-order valence-corrected chi connectivity index (χ2v) is 5.53. The van der Waals surface area contributed by atoms with Crippen molar-refractivity contribution in [2.45, 2.75) is 0 Å². The number of piperazine rings is 1. The molecule has 0 spiro atoms. The van der Waals surface area contributed by atoms with Gasteiger partial charge in [0, 0.05) is 31.9 Å². The maximum Gasteiger partial charge on any atom is 0.320 e. The molecule has 1 heterocycles. The van der Waals surface area contributed by atoms with E-state index in [9.17, 15) is 9.18 Å². The molecule has 2 aromatic rings. The summed E-state index contributed by atoms with van der Waals surface area (Å²) in [4.78, 5) is 16.0. The normalized spacial score (nSPS) is 14.4. The largest absolute Gasteiger partial charge is 0.473 e. The summed E-state index contributed by atoms with van der Waals surface area (Å²) in [7, 11) is 0. The van der Waals surface area contributed by atoms with Crippen LogP contribution in [0.3, 0.4) is 0 Å². The third-order valence-electron chi connectivity index (χ3n) is 3.96. The van der Waals surface area contributed by atoms with E-state index < -0.39 is 0 Å². The Hall–Kier alpha value is -2.76. The molecule has 126 valence electrons. The van der Waals surface area contributed by atoms with Crippen LogP contribution in [0, 0.1) is 5.82 Å². The van der Waals surface area contributed by atoms with Crippen LogP contribution >= 0.6 is 0 Å². The summed E-state index contributed by atoms with van der Waals surface area (Å²) in [6, 6.07) is 15.7. The molecule has 24 heavy (non-hydrogen) atoms. The quantitative estimate of drug-likeness (QED) is 0.877. The summed E-state index contributed by atoms with van der Waals surface area (Å²) >= 11 is 0. The van der Waals surface area contributed by atoms with Crippen LogP contribution in [0.2, 0.25) is 0 Å². The van der Waals surface area contributed by atoms with E-state index in [4.69, 9.17) is 4.74 Å². The van der Waals surface area contributed by atoms with Crippen LogP contribution in [0.5, 0.6) is 5.75 Å². The number of halogens is 1. The number of amides is 2. The number of hydrogen-bond donors (Lipinski definition) is 1. The molecule has 0 bridgehead atoms. The molecule has 3 rings (SSSR count). The number of anilines is 1. The number of para-hydroxylation sites is 1. The Kier molecular flexibility index (Phi) is 5.15. The van der Waals surface area contributed by atoms with Crippen molar-refractivity contribution in [3.8, 4) is 5.75 Å². The van der Waals surface area contributed by atoms with Crippen molar-refractivity contribution in [1.29, 1.82) is 0 Å². The maximum atomic E-state index is 13.0. The SMILES string of the molecule is O=C(NCOc1ccccc1)N1CCN(c2ccc(F)cc2)CC1. The Labute approximate surface area is 140 Å². The molecule has 2 amide bonds. The zero-order valence-corrected chi connectivity index (χ0v) is 13.3. The number of carbonyl (C=O) groups excluding carboxylic acids is 1. The first-order valence-electron chi connectivity index (χ1n) is 7.93. The third-order valence-corrected chi connectivity index (χ3v) is 3.96. The highest BCUT2D eigenvalue weighted by molar-refractivity contribution is 5.74. The van der Waals surface area contributed by atoms with Crippen LogP contribution < -0.4 is 15.0 Å². The second kappa shape index (κ2) is 7.68. The number of nitrogens with zero attached hydrogens (tertiary/aromatic N) is 2. The average Bonchev–Trinajstić information content (AvgIpc) is 2.63. The van der Waals surface area contributed by atoms with Crippen LogP contribution in [0.15, 0.2) is 54.6 Å². The van der Waals surface area contributed by atoms with E-state index in [1.165, 1.54) is 12.1 Å². The number of rotatable bonds is 4. The van der Waals surface area contributed by atoms with Gasteiger partial charge in [-0.25, -0.2) is 9.18 Å². The standard InChI is InChI=1S/C18H20FN3O2/c19-15-6-8-16(9-7-15)21-10-12-22(13-11-21)18(23)20-14-24-17-4-2-1-3-5-17/h1-9H,10-14H2,(H,20,23). The fourth-order valence-electron chi connectivity index (χ4n) is 2.63. The van der Waals surface area contributed by atoms with Crippen LogP contribution in [0.1, 0.15) is 0 Å². The highest BCUT2D eigenvalue weighted by atomic mass is 19.1. The molecule has 1 aliphatic rings. The van der Waals surface area contributed by atoms with Gasteiger partial charge in [0.1, 0.15) is 11.6 Å². The molecule has 1 aliphatic heterocycles. The predicted octanol–water partition coefficient (Wildman–Crippen LogP) is 2.69. The summed E-state index contributed by atoms with van der Waals surface area (Å²) in [5.41, 5.74) is 0.976. The zero-order valence-electron chi connectivity index (χ0n) is 13.3. The lowest BCUT2D eigenvalue weighted by Gasteiger charge is -2.36. The van der Waals surface area contributed by atoms with Gasteiger partial charge in [0.25, 0.3) is 0 Å². The molecule has 2 aromatic carbocycles. The number of hydrogen-bond acceptors (Lipinski definition) is 3. The molecule has 0 atom stereocenters. The smallest absolute Gasteiger partial charge is 0.320 e. The Morgan fingerprint density at radius 1 is 1.00 bits per heavy atom. The van der Waals surface area contributed by atoms with Gasteiger partial charge in [-0.3, -0.25) is 0 Å². The maximum absolute atomic E-state index is 13.0. The highest BCUT2D eigenvalue weighted by Crippen LogP contribution is 2.16. The molecule has 0 saturated carbocycles. The summed E-state index contributed by atoms with van der Waals surface area (Å²) in [6.07, 6.45) is 0. The molecule has 0 unspecified atom stereocenters. The van der Waals surface area contributed by atoms with Gasteiger partial charge in [-0.2, -0.15) is 0 Å². The summed E-state index contributed by atoms with van der Waals surface area (Å²) in [5, 5.41) is 2.76. The van der Waals surface area contributed by atoms with E-state index in [1.54, 1.807) is 17.0 Å². The van der Waals surface area contributed by atoms with Crippen molar-refractivity contribution in [2.75, 3.05) is 37.8 Å². The predicted molar refractivity (Wildman–Crippen MR) is 90.7 cm³/mol. The van der Waals surface area contributed by atoms with E-state index in [0.29, 0.717) is 13.1 Å². The Bertz CT molecular complexity index is 656. The van der Waals surface area contributed by atoms with Gasteiger partial charge < -0.3 is 19.9 Å². The van der Waals surface area contributed by atoms with Crippen molar-refractivity contribution < 1.29 is 13.9 Å². The van der Waals surface area contributed by atoms with Gasteiger partial charge >= 0.3 is 6.03 Å². The van der Waals surface area contributed by atoms with Gasteiger partial charge in [0.05, 0.1) is 0 Å². The van der Waals surface area contributed by atoms with Crippen molar-refractivity contribution >= 4 is 11.7 Å². The number of nitrogens with one attached hydrogen (secondary N) is 1. The summed E-state index contributed by atoms with van der Waals surface area (Å²) < 4.78 is 18.4. The van der Waals surface area contributed by atoms with Crippen molar-refractivity contribution in [2.24, 2.45) is 0 Å². The summed E-state index contributed by atoms with van der Waals surface area (Å²) in [5.74, 6) is 0.481. The zero-order chi connectivity index (χ0) is 16.8. The van der Waals surface area contributed by atoms with Gasteiger partial charge in [-0.1, -0.05) is 18.2 Å². The van der Waals surface area contributed by atoms with Crippen LogP contribution in [-0.2, 0) is 0 Å². The minimum Gasteiger partial charge on any atom is -0.473 e. The van der Waals surface area contributed by atoms with Crippen molar-refractivity contribution in [3.05, 3.63) is 60.4 Å². The number of ether oxygens (including phenoxy) is 1. The third kappa shape index (κ3) is 4.16. The van der Waals surface area contributed by atoms with Gasteiger partial charge in [0.2, 0.25) is 0 Å². The molecule has 1 saturated heterocycles. The molecule has 1 N–H and O–H groups in total. The minimum atomic E-state index is -0.241. The van der Waals surface area contributed by atoms with E-state index >= 15 is 0 Å². The number of urea groups is 1. The number of carbonyl (C=O) groups is 1. The van der Waals surface area contributed by atoms with Crippen LogP contribution in [0.4, 0.5) is 14.9 Å². The fourth-order valence-corrected chi connectivity index (χ4v) is 2.63. The second-order valence-electron chi connectivity index (χ2n) is 5.53. The van der Waals surface area contributed by atoms with Gasteiger partial charge in [-0.15, -0.1) is 0 Å². The van der Waals surface area contributed by atoms with Crippen LogP contribution in [-0.4, -0.2) is 43.8 Å². The lowest BCUT2D eigenvalue weighted by molar-refractivity contribution is 0.181. The van der Waals surface area contributed by atoms with Crippen molar-refractivity contribution in [1.82, 2.24) is 10.2 Å². The number of benzene rings is 2. The highest BCUT2D eigenvalue weighted by Gasteiger charge is 2.21. The van der Waals surface area contributed by atoms with E-state index in [2.05, 4.69) is 10.2 Å². The topological polar surface area (TPSA) is 44.8 Å². The Morgan fingerprint density at radius 3 is 2.33 bits per heavy atom. The van der Waals surface area contributed by atoms with E-state index in [1.807, 2.05) is 30.3 Å². The molecule has 1 fully saturated rings. The van der Waals surface area contributed by atoms with E-state index in [0.717, 1.165) is 24.5 Å². The van der Waals surface area contributed by atoms with E-state index in [-0.39, 0.29) is 18.6 Å². The molecular weight excluding hydrogens is 309 g/mol. The molecule has 6 heteroatoms. The monoisotopic (exact) mass is 329 g/mol. The Morgan fingerprint density at radius 2 is 1.67 bits per heavy atom. The van der Waals surface area contributed by atoms with Gasteiger partial charge in [-0.05, 0) is 36.4 Å². The molecule has 0 aliphatic carbocycles. The lowest BCUT2D eigenvalue weighted by Crippen LogP contribution is -2.52. The average molecular weight is 329 g/mol. The summed E-state index contributed by atoms with van der Waals surface area (Å²) in [6.45, 7) is 2.82. The molecular formula is C18H20FN3O2. The molecule has 0 radical (unpaired) electrons. The first-order valence-corrected chi connectivity index (χ1v) is 7.93. The molecule has 0 aromatic heterocycles. The first-order chi connectivity index (χ1) is 11.7. The Balaban J connectivity index is 1.42. The first kappa shape index (κ1) is 16.1. The minimum absolute atomic E-state index is 0.135. The van der Waals surface area contributed by atoms with Gasteiger partial charge in [0.15, 0.2) is 6.73 Å².